The van der Waals surface area contributed by atoms with Crippen LogP contribution >= 0.6 is 0 Å². The van der Waals surface area contributed by atoms with Gasteiger partial charge in [0.15, 0.2) is 11.9 Å². The first-order valence-electron chi connectivity index (χ1n) is 8.33. The third-order valence-corrected chi connectivity index (χ3v) is 3.59. The second-order valence-electron chi connectivity index (χ2n) is 5.81. The second-order valence-corrected chi connectivity index (χ2v) is 5.81. The zero-order chi connectivity index (χ0) is 19.2. The molecule has 0 radical (unpaired) electrons. The summed E-state index contributed by atoms with van der Waals surface area (Å²) in [5.41, 5.74) is 0.798. The van der Waals surface area contributed by atoms with E-state index in [1.807, 2.05) is 30.3 Å². The number of nitrogens with zero attached hydrogens (tertiary/aromatic N) is 3. The number of carbonyl (C=O) groups excluding carboxylic acids is 2. The number of ether oxygens (including phenoxy) is 1. The fourth-order valence-corrected chi connectivity index (χ4v) is 2.22. The lowest BCUT2D eigenvalue weighted by atomic mass is 10.2. The van der Waals surface area contributed by atoms with Gasteiger partial charge in [-0.25, -0.2) is 0 Å². The lowest BCUT2D eigenvalue weighted by Crippen LogP contribution is -2.30. The Kier molecular flexibility index (Phi) is 5.60. The van der Waals surface area contributed by atoms with E-state index in [0.717, 1.165) is 5.56 Å². The van der Waals surface area contributed by atoms with Gasteiger partial charge in [0.1, 0.15) is 5.76 Å². The Balaban J connectivity index is 1.46. The average molecular weight is 370 g/mol. The SMILES string of the molecule is Cc1cc(NC(=O)[C@H](C)OC(=O)CCc2nnc(-c3ccccc3)o2)no1. The minimum atomic E-state index is -0.975. The molecule has 0 unspecified atom stereocenters. The van der Waals surface area contributed by atoms with Gasteiger partial charge in [-0.3, -0.25) is 9.59 Å². The highest BCUT2D eigenvalue weighted by Crippen LogP contribution is 2.17. The molecule has 1 atom stereocenters. The van der Waals surface area contributed by atoms with E-state index in [-0.39, 0.29) is 18.7 Å². The van der Waals surface area contributed by atoms with Crippen molar-refractivity contribution in [2.24, 2.45) is 0 Å². The second kappa shape index (κ2) is 8.26. The first kappa shape index (κ1) is 18.3. The van der Waals surface area contributed by atoms with Gasteiger partial charge >= 0.3 is 5.97 Å². The normalized spacial score (nSPS) is 11.8. The van der Waals surface area contributed by atoms with Crippen molar-refractivity contribution in [3.8, 4) is 11.5 Å². The van der Waals surface area contributed by atoms with E-state index in [0.29, 0.717) is 17.5 Å². The summed E-state index contributed by atoms with van der Waals surface area (Å²) in [6.45, 7) is 3.17. The largest absolute Gasteiger partial charge is 0.453 e. The molecule has 140 valence electrons. The number of benzene rings is 1. The summed E-state index contributed by atoms with van der Waals surface area (Å²) in [5.74, 6) is 0.480. The number of carbonyl (C=O) groups is 2. The predicted octanol–water partition coefficient (Wildman–Crippen LogP) is 2.54. The molecule has 0 aliphatic rings. The van der Waals surface area contributed by atoms with Gasteiger partial charge in [0, 0.05) is 18.1 Å². The lowest BCUT2D eigenvalue weighted by molar-refractivity contribution is -0.153. The Labute approximate surface area is 154 Å². The van der Waals surface area contributed by atoms with Gasteiger partial charge in [-0.1, -0.05) is 23.4 Å². The number of anilines is 1. The van der Waals surface area contributed by atoms with E-state index in [1.165, 1.54) is 6.92 Å². The molecule has 9 nitrogen and oxygen atoms in total. The molecular formula is C18H18N4O5. The van der Waals surface area contributed by atoms with Gasteiger partial charge in [-0.2, -0.15) is 0 Å². The monoisotopic (exact) mass is 370 g/mol. The standard InChI is InChI=1S/C18H18N4O5/c1-11-10-14(22-27-11)19-17(24)12(2)25-16(23)9-8-15-20-21-18(26-15)13-6-4-3-5-7-13/h3-7,10,12H,8-9H2,1-2H3,(H,19,22,24)/t12-/m0/s1. The minimum Gasteiger partial charge on any atom is -0.453 e. The molecule has 1 N–H and O–H groups in total. The zero-order valence-corrected chi connectivity index (χ0v) is 14.8. The summed E-state index contributed by atoms with van der Waals surface area (Å²) in [4.78, 5) is 23.9. The van der Waals surface area contributed by atoms with Gasteiger partial charge in [-0.05, 0) is 26.0 Å². The summed E-state index contributed by atoms with van der Waals surface area (Å²) in [5, 5.41) is 14.0. The molecule has 0 bridgehead atoms. The van der Waals surface area contributed by atoms with E-state index in [1.54, 1.807) is 13.0 Å². The molecule has 3 aromatic rings. The smallest absolute Gasteiger partial charge is 0.307 e. The highest BCUT2D eigenvalue weighted by atomic mass is 16.5. The summed E-state index contributed by atoms with van der Waals surface area (Å²) >= 11 is 0. The Morgan fingerprint density at radius 1 is 1.22 bits per heavy atom. The molecule has 0 saturated heterocycles. The topological polar surface area (TPSA) is 120 Å². The van der Waals surface area contributed by atoms with Crippen LogP contribution in [0.25, 0.3) is 11.5 Å². The molecular weight excluding hydrogens is 352 g/mol. The first-order chi connectivity index (χ1) is 13.0. The quantitative estimate of drug-likeness (QED) is 0.630. The molecule has 2 heterocycles. The van der Waals surface area contributed by atoms with E-state index in [9.17, 15) is 9.59 Å². The van der Waals surface area contributed by atoms with Crippen molar-refractivity contribution in [2.45, 2.75) is 32.8 Å². The van der Waals surface area contributed by atoms with Crippen LogP contribution in [0.1, 0.15) is 25.0 Å². The number of hydrogen-bond acceptors (Lipinski definition) is 8. The molecule has 0 aliphatic heterocycles. The molecule has 9 heteroatoms. The van der Waals surface area contributed by atoms with Crippen LogP contribution in [-0.4, -0.2) is 33.3 Å². The van der Waals surface area contributed by atoms with E-state index in [2.05, 4.69) is 20.7 Å². The maximum atomic E-state index is 12.0. The van der Waals surface area contributed by atoms with Crippen molar-refractivity contribution in [2.75, 3.05) is 5.32 Å². The number of nitrogens with one attached hydrogen (secondary N) is 1. The Morgan fingerprint density at radius 2 is 2.00 bits per heavy atom. The maximum Gasteiger partial charge on any atom is 0.307 e. The average Bonchev–Trinajstić information content (AvgIpc) is 3.29. The van der Waals surface area contributed by atoms with Crippen molar-refractivity contribution in [1.29, 1.82) is 0 Å². The number of aryl methyl sites for hydroxylation is 2. The highest BCUT2D eigenvalue weighted by molar-refractivity contribution is 5.94. The molecule has 0 saturated carbocycles. The van der Waals surface area contributed by atoms with Crippen LogP contribution in [0.5, 0.6) is 0 Å². The molecule has 1 aromatic carbocycles. The molecule has 0 spiro atoms. The first-order valence-corrected chi connectivity index (χ1v) is 8.33. The van der Waals surface area contributed by atoms with Gasteiger partial charge in [0.05, 0.1) is 6.42 Å². The van der Waals surface area contributed by atoms with Crippen LogP contribution in [0, 0.1) is 6.92 Å². The van der Waals surface area contributed by atoms with Crippen LogP contribution in [-0.2, 0) is 20.7 Å². The molecule has 3 rings (SSSR count). The number of hydrogen-bond donors (Lipinski definition) is 1. The molecule has 0 fully saturated rings. The number of rotatable bonds is 7. The number of amides is 1. The van der Waals surface area contributed by atoms with Crippen LogP contribution < -0.4 is 5.32 Å². The van der Waals surface area contributed by atoms with Gasteiger partial charge in [0.25, 0.3) is 5.91 Å². The molecule has 1 amide bonds. The number of esters is 1. The van der Waals surface area contributed by atoms with Crippen molar-refractivity contribution in [3.05, 3.63) is 48.0 Å². The third-order valence-electron chi connectivity index (χ3n) is 3.59. The van der Waals surface area contributed by atoms with Gasteiger partial charge < -0.3 is 19.0 Å². The Morgan fingerprint density at radius 3 is 2.70 bits per heavy atom. The molecule has 27 heavy (non-hydrogen) atoms. The summed E-state index contributed by atoms with van der Waals surface area (Å²) in [6.07, 6.45) is -0.746. The van der Waals surface area contributed by atoms with Gasteiger partial charge in [-0.15, -0.1) is 10.2 Å². The summed E-state index contributed by atoms with van der Waals surface area (Å²) in [7, 11) is 0. The van der Waals surface area contributed by atoms with Crippen LogP contribution in [0.4, 0.5) is 5.82 Å². The van der Waals surface area contributed by atoms with Crippen LogP contribution in [0.2, 0.25) is 0 Å². The number of aromatic nitrogens is 3. The van der Waals surface area contributed by atoms with E-state index < -0.39 is 18.0 Å². The van der Waals surface area contributed by atoms with Crippen LogP contribution in [0.15, 0.2) is 45.3 Å². The third kappa shape index (κ3) is 5.00. The fourth-order valence-electron chi connectivity index (χ4n) is 2.22. The summed E-state index contributed by atoms with van der Waals surface area (Å²) < 4.78 is 15.5. The zero-order valence-electron chi connectivity index (χ0n) is 14.8. The Bertz CT molecular complexity index is 919. The van der Waals surface area contributed by atoms with Crippen molar-refractivity contribution in [1.82, 2.24) is 15.4 Å². The summed E-state index contributed by atoms with van der Waals surface area (Å²) in [6, 6.07) is 10.9. The van der Waals surface area contributed by atoms with Gasteiger partial charge in [0.2, 0.25) is 11.8 Å². The lowest BCUT2D eigenvalue weighted by Gasteiger charge is -2.11. The molecule has 2 aromatic heterocycles. The van der Waals surface area contributed by atoms with Crippen molar-refractivity contribution in [3.63, 3.8) is 0 Å². The maximum absolute atomic E-state index is 12.0. The fraction of sp³-hybridized carbons (Fsp3) is 0.278. The minimum absolute atomic E-state index is 0.0110. The predicted molar refractivity (Wildman–Crippen MR) is 93.5 cm³/mol. The van der Waals surface area contributed by atoms with E-state index >= 15 is 0 Å². The van der Waals surface area contributed by atoms with Crippen molar-refractivity contribution >= 4 is 17.7 Å². The van der Waals surface area contributed by atoms with Crippen LogP contribution in [0.3, 0.4) is 0 Å². The Hall–Kier alpha value is -3.49. The van der Waals surface area contributed by atoms with E-state index in [4.69, 9.17) is 13.7 Å². The molecule has 0 aliphatic carbocycles. The highest BCUT2D eigenvalue weighted by Gasteiger charge is 2.20. The van der Waals surface area contributed by atoms with Crippen molar-refractivity contribution < 1.29 is 23.3 Å².